The third kappa shape index (κ3) is 4.23. The maximum absolute atomic E-state index is 5.92. The van der Waals surface area contributed by atoms with Crippen LogP contribution in [0.5, 0.6) is 11.5 Å². The van der Waals surface area contributed by atoms with Gasteiger partial charge < -0.3 is 9.26 Å². The van der Waals surface area contributed by atoms with E-state index in [1.807, 2.05) is 54.6 Å². The van der Waals surface area contributed by atoms with Crippen LogP contribution in [0.3, 0.4) is 0 Å². The minimum Gasteiger partial charge on any atom is -0.455 e. The summed E-state index contributed by atoms with van der Waals surface area (Å²) in [5.74, 6) is 2.40. The maximum Gasteiger partial charge on any atom is 0.261 e. The number of pyridine rings is 1. The second-order valence-corrected chi connectivity index (χ2v) is 6.75. The molecule has 2 aromatic heterocycles. The van der Waals surface area contributed by atoms with Crippen molar-refractivity contribution in [1.29, 1.82) is 0 Å². The molecule has 0 radical (unpaired) electrons. The molecule has 0 bridgehead atoms. The Morgan fingerprint density at radius 3 is 2.63 bits per heavy atom. The summed E-state index contributed by atoms with van der Waals surface area (Å²) in [6.45, 7) is 0. The lowest BCUT2D eigenvalue weighted by Gasteiger charge is -2.07. The summed E-state index contributed by atoms with van der Waals surface area (Å²) in [5.41, 5.74) is 1.96. The van der Waals surface area contributed by atoms with Crippen LogP contribution in [0.2, 0.25) is 0 Å². The van der Waals surface area contributed by atoms with E-state index in [2.05, 4.69) is 37.1 Å². The van der Waals surface area contributed by atoms with Crippen LogP contribution >= 0.6 is 15.9 Å². The van der Waals surface area contributed by atoms with Crippen LogP contribution < -0.4 is 4.74 Å². The van der Waals surface area contributed by atoms with Gasteiger partial charge in [0.1, 0.15) is 11.5 Å². The van der Waals surface area contributed by atoms with Gasteiger partial charge in [-0.05, 0) is 42.3 Å². The predicted octanol–water partition coefficient (Wildman–Crippen LogP) is 5.47. The first-order chi connectivity index (χ1) is 13.3. The van der Waals surface area contributed by atoms with Crippen molar-refractivity contribution in [3.05, 3.63) is 88.9 Å². The Morgan fingerprint density at radius 1 is 0.926 bits per heavy atom. The van der Waals surface area contributed by atoms with Gasteiger partial charge in [0.05, 0.1) is 11.8 Å². The van der Waals surface area contributed by atoms with Crippen molar-refractivity contribution in [1.82, 2.24) is 15.1 Å². The maximum atomic E-state index is 5.92. The first-order valence-electron chi connectivity index (χ1n) is 8.53. The van der Waals surface area contributed by atoms with Crippen molar-refractivity contribution in [3.63, 3.8) is 0 Å². The van der Waals surface area contributed by atoms with Crippen LogP contribution in [-0.2, 0) is 12.8 Å². The molecule has 0 aliphatic heterocycles. The summed E-state index contributed by atoms with van der Waals surface area (Å²) in [6.07, 6.45) is 4.88. The number of para-hydroxylation sites is 1. The predicted molar refractivity (Wildman–Crippen MR) is 106 cm³/mol. The van der Waals surface area contributed by atoms with Crippen molar-refractivity contribution in [3.8, 4) is 23.0 Å². The van der Waals surface area contributed by atoms with E-state index in [-0.39, 0.29) is 0 Å². The Labute approximate surface area is 165 Å². The van der Waals surface area contributed by atoms with Gasteiger partial charge in [0.2, 0.25) is 0 Å². The zero-order valence-corrected chi connectivity index (χ0v) is 16.0. The molecule has 0 saturated heterocycles. The Bertz CT molecular complexity index is 1030. The van der Waals surface area contributed by atoms with Crippen molar-refractivity contribution < 1.29 is 9.26 Å². The van der Waals surface area contributed by atoms with E-state index in [0.29, 0.717) is 29.6 Å². The Hall–Kier alpha value is -2.99. The summed E-state index contributed by atoms with van der Waals surface area (Å²) < 4.78 is 12.5. The molecule has 134 valence electrons. The number of aromatic nitrogens is 3. The number of halogens is 1. The lowest BCUT2D eigenvalue weighted by Crippen LogP contribution is -1.94. The molecule has 2 heterocycles. The minimum atomic E-state index is 0.441. The molecule has 0 unspecified atom stereocenters. The molecule has 0 N–H and O–H groups in total. The van der Waals surface area contributed by atoms with Crippen molar-refractivity contribution in [2.24, 2.45) is 0 Å². The van der Waals surface area contributed by atoms with Crippen LogP contribution in [0.1, 0.15) is 11.4 Å². The van der Waals surface area contributed by atoms with Crippen LogP contribution in [0, 0.1) is 0 Å². The van der Waals surface area contributed by atoms with E-state index in [9.17, 15) is 0 Å². The van der Waals surface area contributed by atoms with Gasteiger partial charge in [0, 0.05) is 17.1 Å². The highest BCUT2D eigenvalue weighted by Gasteiger charge is 2.14. The van der Waals surface area contributed by atoms with Gasteiger partial charge in [-0.2, -0.15) is 4.98 Å². The number of benzene rings is 2. The molecule has 2 aromatic carbocycles. The van der Waals surface area contributed by atoms with Crippen molar-refractivity contribution >= 4 is 15.9 Å². The number of hydrogen-bond acceptors (Lipinski definition) is 5. The summed E-state index contributed by atoms with van der Waals surface area (Å²) in [5, 5.41) is 4.12. The molecule has 4 rings (SSSR count). The van der Waals surface area contributed by atoms with Gasteiger partial charge in [-0.15, -0.1) is 0 Å². The quantitative estimate of drug-likeness (QED) is 0.412. The van der Waals surface area contributed by atoms with Gasteiger partial charge >= 0.3 is 0 Å². The monoisotopic (exact) mass is 421 g/mol. The molecule has 0 aliphatic rings. The number of rotatable bonds is 6. The highest BCUT2D eigenvalue weighted by molar-refractivity contribution is 9.10. The second kappa shape index (κ2) is 8.14. The van der Waals surface area contributed by atoms with Gasteiger partial charge in [0.15, 0.2) is 5.82 Å². The molecule has 4 aromatic rings. The van der Waals surface area contributed by atoms with Crippen LogP contribution in [0.15, 0.2) is 82.1 Å². The molecular weight excluding hydrogens is 406 g/mol. The van der Waals surface area contributed by atoms with Crippen LogP contribution in [0.25, 0.3) is 11.5 Å². The highest BCUT2D eigenvalue weighted by atomic mass is 79.9. The van der Waals surface area contributed by atoms with E-state index < -0.39 is 0 Å². The zero-order valence-electron chi connectivity index (χ0n) is 14.4. The van der Waals surface area contributed by atoms with E-state index >= 15 is 0 Å². The molecule has 0 atom stereocenters. The fourth-order valence-corrected chi connectivity index (χ4v) is 3.16. The number of aryl methyl sites for hydroxylation is 2. The summed E-state index contributed by atoms with van der Waals surface area (Å²) in [7, 11) is 0. The topological polar surface area (TPSA) is 61.0 Å². The number of hydrogen-bond donors (Lipinski definition) is 0. The smallest absolute Gasteiger partial charge is 0.261 e. The van der Waals surface area contributed by atoms with Crippen molar-refractivity contribution in [2.45, 2.75) is 12.8 Å². The molecule has 0 aliphatic carbocycles. The molecular formula is C21H16BrN3O2. The number of ether oxygens (including phenoxy) is 1. The fourth-order valence-electron chi connectivity index (χ4n) is 2.68. The SMILES string of the molecule is Brc1ccccc1CCc1noc(-c2ccccc2Oc2cccnc2)n1. The van der Waals surface area contributed by atoms with Crippen LogP contribution in [-0.4, -0.2) is 15.1 Å². The van der Waals surface area contributed by atoms with Gasteiger partial charge in [-0.3, -0.25) is 4.98 Å². The summed E-state index contributed by atoms with van der Waals surface area (Å²) in [6, 6.07) is 19.4. The number of nitrogens with zero attached hydrogens (tertiary/aromatic N) is 3. The summed E-state index contributed by atoms with van der Waals surface area (Å²) in [4.78, 5) is 8.61. The van der Waals surface area contributed by atoms with E-state index in [1.165, 1.54) is 5.56 Å². The average molecular weight is 422 g/mol. The van der Waals surface area contributed by atoms with Crippen molar-refractivity contribution in [2.75, 3.05) is 0 Å². The minimum absolute atomic E-state index is 0.441. The average Bonchev–Trinajstić information content (AvgIpc) is 3.17. The molecule has 0 amide bonds. The van der Waals surface area contributed by atoms with Crippen LogP contribution in [0.4, 0.5) is 0 Å². The second-order valence-electron chi connectivity index (χ2n) is 5.89. The zero-order chi connectivity index (χ0) is 18.5. The third-order valence-electron chi connectivity index (χ3n) is 4.02. The molecule has 5 nitrogen and oxygen atoms in total. The standard InChI is InChI=1S/C21H16BrN3O2/c22-18-9-3-1-6-15(18)11-12-20-24-21(27-25-20)17-8-2-4-10-19(17)26-16-7-5-13-23-14-16/h1-10,13-14H,11-12H2. The van der Waals surface area contributed by atoms with E-state index in [1.54, 1.807) is 12.4 Å². The lowest BCUT2D eigenvalue weighted by molar-refractivity contribution is 0.418. The first kappa shape index (κ1) is 17.4. The van der Waals surface area contributed by atoms with Gasteiger partial charge in [-0.25, -0.2) is 0 Å². The molecule has 6 heteroatoms. The third-order valence-corrected chi connectivity index (χ3v) is 4.80. The lowest BCUT2D eigenvalue weighted by atomic mass is 10.1. The van der Waals surface area contributed by atoms with Gasteiger partial charge in [-0.1, -0.05) is 51.4 Å². The molecule has 0 spiro atoms. The van der Waals surface area contributed by atoms with E-state index in [4.69, 9.17) is 9.26 Å². The van der Waals surface area contributed by atoms with Gasteiger partial charge in [0.25, 0.3) is 5.89 Å². The summed E-state index contributed by atoms with van der Waals surface area (Å²) >= 11 is 3.57. The normalized spacial score (nSPS) is 10.7. The fraction of sp³-hybridized carbons (Fsp3) is 0.0952. The first-order valence-corrected chi connectivity index (χ1v) is 9.32. The molecule has 0 saturated carbocycles. The highest BCUT2D eigenvalue weighted by Crippen LogP contribution is 2.32. The largest absolute Gasteiger partial charge is 0.455 e. The molecule has 0 fully saturated rings. The van der Waals surface area contributed by atoms with E-state index in [0.717, 1.165) is 16.5 Å². The Kier molecular flexibility index (Phi) is 5.25. The molecule has 27 heavy (non-hydrogen) atoms. The Balaban J connectivity index is 1.52. The Morgan fingerprint density at radius 2 is 1.78 bits per heavy atom.